The first-order chi connectivity index (χ1) is 2.00. The molecule has 0 radical (unpaired) electrons. The van der Waals surface area contributed by atoms with Crippen LogP contribution in [0.1, 0.15) is 0 Å². The summed E-state index contributed by atoms with van der Waals surface area (Å²) >= 11 is 0. The van der Waals surface area contributed by atoms with Crippen LogP contribution in [0.4, 0.5) is 0 Å². The van der Waals surface area contributed by atoms with Gasteiger partial charge in [0.1, 0.15) is 0 Å². The fraction of sp³-hybridized carbons (Fsp3) is 1.00. The second-order valence-electron chi connectivity index (χ2n) is 2.25. The molecule has 0 aliphatic carbocycles. The summed E-state index contributed by atoms with van der Waals surface area (Å²) in [4.78, 5) is 0. The first-order valence-electron chi connectivity index (χ1n) is 1.75. The Balaban J connectivity index is 0. The first kappa shape index (κ1) is 10.9. The van der Waals surface area contributed by atoms with Crippen LogP contribution in [0.25, 0.3) is 5.40 Å². The molecule has 0 saturated heterocycles. The van der Waals surface area contributed by atoms with Crippen molar-refractivity contribution in [2.24, 2.45) is 0 Å². The molecule has 0 heterocycles. The molecule has 0 aromatic heterocycles. The monoisotopic (exact) mass is 173 g/mol. The van der Waals surface area contributed by atoms with Crippen molar-refractivity contribution in [3.63, 3.8) is 0 Å². The molecule has 0 aromatic carbocycles. The summed E-state index contributed by atoms with van der Waals surface area (Å²) in [5.41, 5.74) is 0. The first-order valence-corrected chi connectivity index (χ1v) is 5.25. The van der Waals surface area contributed by atoms with Crippen LogP contribution in [0.3, 0.4) is 0 Å². The van der Waals surface area contributed by atoms with E-state index in [1.807, 2.05) is 19.6 Å². The van der Waals surface area contributed by atoms with Crippen molar-refractivity contribution in [1.29, 1.82) is 0 Å². The molecule has 32 valence electrons. The summed E-state index contributed by atoms with van der Waals surface area (Å²) in [5, 5.41) is 7.08. The van der Waals surface area contributed by atoms with Crippen LogP contribution in [-0.4, -0.2) is 8.24 Å². The van der Waals surface area contributed by atoms with Crippen molar-refractivity contribution in [1.82, 2.24) is 0 Å². The van der Waals surface area contributed by atoms with E-state index >= 15 is 0 Å². The van der Waals surface area contributed by atoms with Gasteiger partial charge in [0.15, 0.2) is 0 Å². The molecule has 0 fully saturated rings. The minimum Gasteiger partial charge on any atom is -0.680 e. The minimum atomic E-state index is -1.36. The van der Waals surface area contributed by atoms with Gasteiger partial charge >= 0.3 is 58.2 Å². The molecule has 0 aliphatic rings. The fourth-order valence-electron chi connectivity index (χ4n) is 0. The van der Waals surface area contributed by atoms with Crippen LogP contribution in [0.5, 0.6) is 0 Å². The Morgan fingerprint density at radius 3 is 1.17 bits per heavy atom. The van der Waals surface area contributed by atoms with Gasteiger partial charge in [-0.15, -0.1) is 0 Å². The van der Waals surface area contributed by atoms with E-state index in [0.29, 0.717) is 0 Å². The van der Waals surface area contributed by atoms with Gasteiger partial charge in [0.05, 0.1) is 0 Å². The molecule has 0 aliphatic heterocycles. The van der Waals surface area contributed by atoms with Gasteiger partial charge in [0.2, 0.25) is 0 Å². The summed E-state index contributed by atoms with van der Waals surface area (Å²) in [5.74, 6) is 0. The molecule has 0 spiro atoms. The predicted molar refractivity (Wildman–Crippen MR) is 27.7 cm³/mol. The van der Waals surface area contributed by atoms with Gasteiger partial charge < -0.3 is 5.40 Å². The summed E-state index contributed by atoms with van der Waals surface area (Å²) < 4.78 is 0. The Hall–Kier alpha value is 1.98. The average molecular weight is 174 g/mol. The molecule has 1 N–H and O–H groups in total. The van der Waals surface area contributed by atoms with Gasteiger partial charge in [-0.05, 0) is 0 Å². The molecule has 0 unspecified atom stereocenters. The van der Waals surface area contributed by atoms with Crippen LogP contribution < -0.4 is 58.2 Å². The Morgan fingerprint density at radius 1 is 1.17 bits per heavy atom. The van der Waals surface area contributed by atoms with Crippen LogP contribution in [0, 0.1) is 0 Å². The van der Waals surface area contributed by atoms with E-state index in [4.69, 9.17) is 5.40 Å². The zero-order chi connectivity index (χ0) is 4.50. The Kier molecular flexibility index (Phi) is 7.11. The van der Waals surface area contributed by atoms with Gasteiger partial charge in [-0.25, -0.2) is 0 Å². The van der Waals surface area contributed by atoms with E-state index < -0.39 is 8.24 Å². The van der Waals surface area contributed by atoms with Crippen LogP contribution >= 0.6 is 0 Å². The maximum Gasteiger partial charge on any atom is 1.00 e. The number of nitrogens with one attached hydrogen (secondary N) is 1. The zero-order valence-corrected chi connectivity index (χ0v) is 10.9. The van der Waals surface area contributed by atoms with Crippen molar-refractivity contribution in [2.75, 3.05) is 0 Å². The largest absolute Gasteiger partial charge is 1.00 e. The van der Waals surface area contributed by atoms with Gasteiger partial charge in [-0.3, -0.25) is 0 Å². The standard InChI is InChI=1S/C3H10NSi.Rb/c1-5(2,3)4;/h4H,1-3H3;/q-1;+1. The molecule has 0 amide bonds. The van der Waals surface area contributed by atoms with Crippen LogP contribution in [0.15, 0.2) is 0 Å². The molecule has 1 nitrogen and oxygen atoms in total. The number of hydrogen-bond donors (Lipinski definition) is 0. The van der Waals surface area contributed by atoms with E-state index in [0.717, 1.165) is 0 Å². The maximum absolute atomic E-state index is 7.08. The maximum atomic E-state index is 7.08. The third-order valence-corrected chi connectivity index (χ3v) is 0. The topological polar surface area (TPSA) is 23.8 Å². The number of hydrogen-bond acceptors (Lipinski definition) is 0. The van der Waals surface area contributed by atoms with Crippen molar-refractivity contribution >= 4 is 8.24 Å². The fourth-order valence-corrected chi connectivity index (χ4v) is 0. The van der Waals surface area contributed by atoms with E-state index in [9.17, 15) is 0 Å². The molecule has 0 atom stereocenters. The second kappa shape index (κ2) is 3.92. The molecular formula is C3H10NRbSi. The third-order valence-electron chi connectivity index (χ3n) is 0. The molecule has 6 heavy (non-hydrogen) atoms. The van der Waals surface area contributed by atoms with Crippen LogP contribution in [-0.2, 0) is 0 Å². The van der Waals surface area contributed by atoms with Gasteiger partial charge in [0, 0.05) is 0 Å². The van der Waals surface area contributed by atoms with Crippen molar-refractivity contribution in [3.05, 3.63) is 5.40 Å². The van der Waals surface area contributed by atoms with Crippen molar-refractivity contribution in [2.45, 2.75) is 19.6 Å². The molecule has 0 rings (SSSR count). The number of rotatable bonds is 0. The molecule has 0 aromatic rings. The van der Waals surface area contributed by atoms with Crippen molar-refractivity contribution in [3.8, 4) is 0 Å². The van der Waals surface area contributed by atoms with Gasteiger partial charge in [-0.2, -0.15) is 0 Å². The minimum absolute atomic E-state index is 0. The van der Waals surface area contributed by atoms with Gasteiger partial charge in [-0.1, -0.05) is 27.9 Å². The predicted octanol–water partition coefficient (Wildman–Crippen LogP) is -1.12. The average Bonchev–Trinajstić information content (AvgIpc) is 0.722. The molecule has 3 heteroatoms. The summed E-state index contributed by atoms with van der Waals surface area (Å²) in [6, 6.07) is 0. The second-order valence-corrected chi connectivity index (χ2v) is 6.75. The summed E-state index contributed by atoms with van der Waals surface area (Å²) in [6.07, 6.45) is 0. The van der Waals surface area contributed by atoms with E-state index in [1.54, 1.807) is 0 Å². The molecular weight excluding hydrogens is 164 g/mol. The smallest absolute Gasteiger partial charge is 0.680 e. The van der Waals surface area contributed by atoms with Crippen LogP contribution in [0.2, 0.25) is 19.6 Å². The van der Waals surface area contributed by atoms with E-state index in [2.05, 4.69) is 0 Å². The van der Waals surface area contributed by atoms with Crippen molar-refractivity contribution < 1.29 is 58.2 Å². The Morgan fingerprint density at radius 2 is 1.17 bits per heavy atom. The Labute approximate surface area is 89.6 Å². The normalized spacial score (nSPS) is 10.0. The van der Waals surface area contributed by atoms with Gasteiger partial charge in [0.25, 0.3) is 0 Å². The summed E-state index contributed by atoms with van der Waals surface area (Å²) in [6.45, 7) is 5.98. The van der Waals surface area contributed by atoms with E-state index in [-0.39, 0.29) is 58.2 Å². The SMILES string of the molecule is C[Si](C)(C)[NH-].[Rb+]. The quantitative estimate of drug-likeness (QED) is 0.415. The molecule has 0 bridgehead atoms. The summed E-state index contributed by atoms with van der Waals surface area (Å²) in [7, 11) is -1.36. The third kappa shape index (κ3) is 37.8. The Bertz CT molecular complexity index is 26.3. The zero-order valence-electron chi connectivity index (χ0n) is 5.00. The molecule has 0 saturated carbocycles. The van der Waals surface area contributed by atoms with E-state index in [1.165, 1.54) is 0 Å².